The summed E-state index contributed by atoms with van der Waals surface area (Å²) >= 11 is 0. The highest BCUT2D eigenvalue weighted by Gasteiger charge is 2.25. The van der Waals surface area contributed by atoms with E-state index >= 15 is 0 Å². The summed E-state index contributed by atoms with van der Waals surface area (Å²) in [5.74, 6) is 0.385. The Bertz CT molecular complexity index is 1120. The average Bonchev–Trinajstić information content (AvgIpc) is 3.13. The maximum absolute atomic E-state index is 13.9. The number of methoxy groups -OCH3 is 1. The summed E-state index contributed by atoms with van der Waals surface area (Å²) in [6.45, 7) is -0.439. The van der Waals surface area contributed by atoms with Crippen LogP contribution in [0, 0.1) is 5.82 Å². The molecule has 0 amide bonds. The molecule has 0 spiro atoms. The summed E-state index contributed by atoms with van der Waals surface area (Å²) in [4.78, 5) is 0. The smallest absolute Gasteiger partial charge is 0.123 e. The normalized spacial score (nSPS) is 13.4. The third-order valence-corrected chi connectivity index (χ3v) is 5.18. The van der Waals surface area contributed by atoms with E-state index in [0.717, 1.165) is 27.8 Å². The number of para-hydroxylation sites is 1. The molecule has 2 atom stereocenters. The predicted molar refractivity (Wildman–Crippen MR) is 112 cm³/mol. The highest BCUT2D eigenvalue weighted by atomic mass is 19.1. The highest BCUT2D eigenvalue weighted by Crippen LogP contribution is 2.36. The maximum atomic E-state index is 13.9. The minimum atomic E-state index is -1.09. The van der Waals surface area contributed by atoms with Crippen LogP contribution in [0.2, 0.25) is 0 Å². The molecule has 0 bridgehead atoms. The summed E-state index contributed by atoms with van der Waals surface area (Å²) in [6, 6.07) is 21.1. The first-order chi connectivity index (χ1) is 14.1. The topological polar surface area (TPSA) is 54.6 Å². The molecule has 5 heteroatoms. The van der Waals surface area contributed by atoms with E-state index in [4.69, 9.17) is 4.74 Å². The molecule has 0 aliphatic rings. The first kappa shape index (κ1) is 19.2. The fraction of sp³-hybridized carbons (Fsp3) is 0.167. The first-order valence-electron chi connectivity index (χ1n) is 9.40. The molecule has 0 unspecified atom stereocenters. The average molecular weight is 391 g/mol. The maximum Gasteiger partial charge on any atom is 0.123 e. The fourth-order valence-corrected chi connectivity index (χ4v) is 3.79. The van der Waals surface area contributed by atoms with Gasteiger partial charge in [-0.1, -0.05) is 42.5 Å². The number of ether oxygens (including phenoxy) is 1. The van der Waals surface area contributed by atoms with Crippen molar-refractivity contribution in [3.8, 4) is 16.9 Å². The van der Waals surface area contributed by atoms with Crippen LogP contribution in [0.3, 0.4) is 0 Å². The number of hydrogen-bond acceptors (Lipinski definition) is 3. The van der Waals surface area contributed by atoms with Gasteiger partial charge in [0, 0.05) is 22.7 Å². The number of aliphatic hydroxyl groups is 2. The van der Waals surface area contributed by atoms with Crippen molar-refractivity contribution in [3.63, 3.8) is 0 Å². The van der Waals surface area contributed by atoms with Crippen LogP contribution in [0.5, 0.6) is 5.75 Å². The van der Waals surface area contributed by atoms with Gasteiger partial charge in [0.1, 0.15) is 17.7 Å². The minimum Gasteiger partial charge on any atom is -0.497 e. The number of aliphatic hydroxyl groups excluding tert-OH is 2. The Morgan fingerprint density at radius 3 is 2.45 bits per heavy atom. The molecule has 0 aliphatic carbocycles. The molecule has 4 rings (SSSR count). The lowest BCUT2D eigenvalue weighted by molar-refractivity contribution is 0.0653. The number of hydrogen-bond donors (Lipinski definition) is 2. The van der Waals surface area contributed by atoms with Crippen molar-refractivity contribution in [3.05, 3.63) is 90.4 Å². The zero-order valence-corrected chi connectivity index (χ0v) is 16.0. The van der Waals surface area contributed by atoms with Crippen molar-refractivity contribution in [1.29, 1.82) is 0 Å². The molecule has 0 aliphatic heterocycles. The van der Waals surface area contributed by atoms with Crippen molar-refractivity contribution in [2.24, 2.45) is 0 Å². The molecule has 29 heavy (non-hydrogen) atoms. The number of fused-ring (bicyclic) bond motifs is 1. The van der Waals surface area contributed by atoms with Crippen LogP contribution in [0.4, 0.5) is 4.39 Å². The second-order valence-corrected chi connectivity index (χ2v) is 6.95. The Kier molecular flexibility index (Phi) is 5.34. The zero-order valence-electron chi connectivity index (χ0n) is 16.0. The number of rotatable bonds is 6. The lowest BCUT2D eigenvalue weighted by atomic mass is 10.0. The van der Waals surface area contributed by atoms with Gasteiger partial charge in [-0.05, 0) is 41.5 Å². The lowest BCUT2D eigenvalue weighted by Crippen LogP contribution is -2.28. The summed E-state index contributed by atoms with van der Waals surface area (Å²) in [6.07, 6.45) is 0.859. The van der Waals surface area contributed by atoms with Crippen molar-refractivity contribution in [2.75, 3.05) is 13.7 Å². The van der Waals surface area contributed by atoms with Gasteiger partial charge in [0.25, 0.3) is 0 Å². The molecule has 0 radical (unpaired) electrons. The van der Waals surface area contributed by atoms with Crippen LogP contribution < -0.4 is 4.74 Å². The summed E-state index contributed by atoms with van der Waals surface area (Å²) in [5, 5.41) is 21.3. The Hall–Kier alpha value is -3.15. The van der Waals surface area contributed by atoms with Gasteiger partial charge in [0.05, 0.1) is 19.8 Å². The Labute approximate surface area is 168 Å². The van der Waals surface area contributed by atoms with Crippen molar-refractivity contribution < 1.29 is 19.3 Å². The van der Waals surface area contributed by atoms with Gasteiger partial charge in [0.2, 0.25) is 0 Å². The molecule has 4 aromatic rings. The van der Waals surface area contributed by atoms with Gasteiger partial charge < -0.3 is 19.5 Å². The van der Waals surface area contributed by atoms with Crippen molar-refractivity contribution in [1.82, 2.24) is 4.57 Å². The van der Waals surface area contributed by atoms with E-state index in [-0.39, 0.29) is 5.82 Å². The van der Waals surface area contributed by atoms with Gasteiger partial charge >= 0.3 is 0 Å². The quantitative estimate of drug-likeness (QED) is 0.512. The van der Waals surface area contributed by atoms with E-state index in [0.29, 0.717) is 5.56 Å². The van der Waals surface area contributed by atoms with Crippen molar-refractivity contribution in [2.45, 2.75) is 12.1 Å². The molecule has 4 nitrogen and oxygen atoms in total. The van der Waals surface area contributed by atoms with E-state index in [1.165, 1.54) is 12.1 Å². The molecule has 0 saturated carbocycles. The largest absolute Gasteiger partial charge is 0.497 e. The van der Waals surface area contributed by atoms with E-state index in [1.807, 2.05) is 59.3 Å². The SMILES string of the molecule is COc1ccc(-c2cn([C@@H](c3cccc(F)c3)[C@H](O)CO)c3ccccc23)cc1. The van der Waals surface area contributed by atoms with Gasteiger partial charge in [-0.25, -0.2) is 4.39 Å². The first-order valence-corrected chi connectivity index (χ1v) is 9.40. The second-order valence-electron chi connectivity index (χ2n) is 6.95. The molecule has 0 fully saturated rings. The van der Waals surface area contributed by atoms with Crippen LogP contribution >= 0.6 is 0 Å². The summed E-state index contributed by atoms with van der Waals surface area (Å²) in [5.41, 5.74) is 3.46. The van der Waals surface area contributed by atoms with Crippen molar-refractivity contribution >= 4 is 10.9 Å². The van der Waals surface area contributed by atoms with Crippen LogP contribution in [-0.4, -0.2) is 34.6 Å². The number of benzene rings is 3. The van der Waals surface area contributed by atoms with Gasteiger partial charge in [-0.15, -0.1) is 0 Å². The third kappa shape index (κ3) is 3.62. The van der Waals surface area contributed by atoms with E-state index < -0.39 is 18.8 Å². The molecule has 1 aromatic heterocycles. The third-order valence-electron chi connectivity index (χ3n) is 5.18. The molecular formula is C24H22FNO3. The molecule has 2 N–H and O–H groups in total. The molecule has 0 saturated heterocycles. The minimum absolute atomic E-state index is 0.385. The molecule has 3 aromatic carbocycles. The van der Waals surface area contributed by atoms with Gasteiger partial charge in [-0.2, -0.15) is 0 Å². The van der Waals surface area contributed by atoms with Crippen LogP contribution in [0.25, 0.3) is 22.0 Å². The number of aromatic nitrogens is 1. The Balaban J connectivity index is 1.92. The Morgan fingerprint density at radius 2 is 1.76 bits per heavy atom. The van der Waals surface area contributed by atoms with Gasteiger partial charge in [0.15, 0.2) is 0 Å². The van der Waals surface area contributed by atoms with Crippen LogP contribution in [0.15, 0.2) is 79.0 Å². The Morgan fingerprint density at radius 1 is 1.00 bits per heavy atom. The lowest BCUT2D eigenvalue weighted by Gasteiger charge is -2.25. The standard InChI is InChI=1S/C24H22FNO3/c1-29-19-11-9-16(10-12-19)21-14-26(22-8-3-2-7-20(21)22)24(23(28)15-27)17-5-4-6-18(25)13-17/h2-14,23-24,27-28H,15H2,1H3/t23-,24+/m1/s1. The van der Waals surface area contributed by atoms with Crippen LogP contribution in [0.1, 0.15) is 11.6 Å². The second kappa shape index (κ2) is 8.07. The van der Waals surface area contributed by atoms with E-state index in [9.17, 15) is 14.6 Å². The number of nitrogens with zero attached hydrogens (tertiary/aromatic N) is 1. The van der Waals surface area contributed by atoms with Crippen LogP contribution in [-0.2, 0) is 0 Å². The van der Waals surface area contributed by atoms with E-state index in [1.54, 1.807) is 19.2 Å². The monoisotopic (exact) mass is 391 g/mol. The molecule has 1 heterocycles. The zero-order chi connectivity index (χ0) is 20.4. The molecular weight excluding hydrogens is 369 g/mol. The van der Waals surface area contributed by atoms with E-state index in [2.05, 4.69) is 0 Å². The highest BCUT2D eigenvalue weighted by molar-refractivity contribution is 5.96. The number of halogens is 1. The summed E-state index contributed by atoms with van der Waals surface area (Å²) in [7, 11) is 1.63. The van der Waals surface area contributed by atoms with Gasteiger partial charge in [-0.3, -0.25) is 0 Å². The predicted octanol–water partition coefficient (Wildman–Crippen LogP) is 4.40. The summed E-state index contributed by atoms with van der Waals surface area (Å²) < 4.78 is 21.1. The fourth-order valence-electron chi connectivity index (χ4n) is 3.79. The molecule has 148 valence electrons.